The number of benzene rings is 1. The number of aliphatic hydroxyl groups is 1. The number of hydrogen-bond donors (Lipinski definition) is 1. The third-order valence-electron chi connectivity index (χ3n) is 4.79. The molecular weight excluding hydrogens is 414 g/mol. The van der Waals surface area contributed by atoms with Crippen molar-refractivity contribution in [3.05, 3.63) is 83.6 Å². The molecule has 0 radical (unpaired) electrons. The molecule has 0 saturated heterocycles. The van der Waals surface area contributed by atoms with E-state index in [9.17, 15) is 5.11 Å². The summed E-state index contributed by atoms with van der Waals surface area (Å²) in [5.41, 5.74) is 3.78. The maximum absolute atomic E-state index is 10.4. The van der Waals surface area contributed by atoms with Crippen LogP contribution in [-0.4, -0.2) is 28.8 Å². The predicted molar refractivity (Wildman–Crippen MR) is 124 cm³/mol. The number of aromatic nitrogens is 2. The fourth-order valence-corrected chi connectivity index (χ4v) is 3.59. The molecule has 0 aliphatic carbocycles. The summed E-state index contributed by atoms with van der Waals surface area (Å²) in [6.07, 6.45) is 7.90. The number of halogens is 1. The first-order chi connectivity index (χ1) is 15.0. The number of anilines is 1. The molecule has 0 fully saturated rings. The second-order valence-electron chi connectivity index (χ2n) is 6.96. The van der Waals surface area contributed by atoms with Gasteiger partial charge in [0.2, 0.25) is 0 Å². The van der Waals surface area contributed by atoms with Gasteiger partial charge >= 0.3 is 0 Å². The lowest BCUT2D eigenvalue weighted by Gasteiger charge is -2.20. The van der Waals surface area contributed by atoms with E-state index in [0.717, 1.165) is 22.3 Å². The Morgan fingerprint density at radius 2 is 2.13 bits per heavy atom. The summed E-state index contributed by atoms with van der Waals surface area (Å²) in [4.78, 5) is 10.7. The molecule has 7 heteroatoms. The van der Waals surface area contributed by atoms with E-state index in [4.69, 9.17) is 26.1 Å². The van der Waals surface area contributed by atoms with Gasteiger partial charge in [0, 0.05) is 54.1 Å². The molecule has 31 heavy (non-hydrogen) atoms. The highest BCUT2D eigenvalue weighted by atomic mass is 35.5. The lowest BCUT2D eigenvalue weighted by Crippen LogP contribution is -2.11. The SMILES string of the molecule is C=CN(/C=C\C)c1cc(C)nc2c(OCc3c(Cl)cncc3C(O)COC)cccc12. The number of aryl methyl sites for hydroxylation is 1. The highest BCUT2D eigenvalue weighted by molar-refractivity contribution is 6.31. The monoisotopic (exact) mass is 439 g/mol. The Kier molecular flexibility index (Phi) is 7.63. The minimum absolute atomic E-state index is 0.135. The molecule has 0 spiro atoms. The number of allylic oxidation sites excluding steroid dienone is 1. The number of fused-ring (bicyclic) bond motifs is 1. The van der Waals surface area contributed by atoms with Gasteiger partial charge < -0.3 is 19.5 Å². The van der Waals surface area contributed by atoms with Gasteiger partial charge in [0.15, 0.2) is 0 Å². The number of aliphatic hydroxyl groups excluding tert-OH is 1. The van der Waals surface area contributed by atoms with Gasteiger partial charge in [-0.1, -0.05) is 36.4 Å². The van der Waals surface area contributed by atoms with Gasteiger partial charge in [0.05, 0.1) is 17.3 Å². The van der Waals surface area contributed by atoms with Gasteiger partial charge in [-0.3, -0.25) is 4.98 Å². The van der Waals surface area contributed by atoms with Gasteiger partial charge in [0.1, 0.15) is 24.0 Å². The maximum atomic E-state index is 10.4. The molecule has 3 aromatic rings. The van der Waals surface area contributed by atoms with Crippen LogP contribution in [0.5, 0.6) is 5.75 Å². The summed E-state index contributed by atoms with van der Waals surface area (Å²) < 4.78 is 11.2. The molecule has 1 N–H and O–H groups in total. The van der Waals surface area contributed by atoms with Crippen LogP contribution in [0.1, 0.15) is 29.8 Å². The standard InChI is InChI=1S/C24H26ClN3O3/c1-5-10-28(6-2)21-11-16(3)27-24-17(21)8-7-9-23(24)31-14-19-18(22(29)15-30-4)12-26-13-20(19)25/h5-13,22,29H,2,14-15H2,1,3-4H3/b10-5-. The van der Waals surface area contributed by atoms with Crippen molar-refractivity contribution in [1.29, 1.82) is 0 Å². The first-order valence-electron chi connectivity index (χ1n) is 9.86. The molecule has 2 heterocycles. The molecule has 0 bridgehead atoms. The van der Waals surface area contributed by atoms with Gasteiger partial charge in [-0.05, 0) is 26.0 Å². The smallest absolute Gasteiger partial charge is 0.146 e. The first kappa shape index (κ1) is 22.7. The highest BCUT2D eigenvalue weighted by Gasteiger charge is 2.18. The normalized spacial score (nSPS) is 12.3. The summed E-state index contributed by atoms with van der Waals surface area (Å²) in [7, 11) is 1.53. The molecule has 2 aromatic heterocycles. The molecule has 3 rings (SSSR count). The van der Waals surface area contributed by atoms with Crippen molar-refractivity contribution in [1.82, 2.24) is 9.97 Å². The molecule has 0 aliphatic rings. The lowest BCUT2D eigenvalue weighted by molar-refractivity contribution is 0.0630. The Labute approximate surface area is 187 Å². The summed E-state index contributed by atoms with van der Waals surface area (Å²) in [6.45, 7) is 8.09. The second kappa shape index (κ2) is 10.4. The summed E-state index contributed by atoms with van der Waals surface area (Å²) in [5.74, 6) is 0.618. The fraction of sp³-hybridized carbons (Fsp3) is 0.250. The van der Waals surface area contributed by atoms with Crippen LogP contribution in [0.3, 0.4) is 0 Å². The molecule has 1 unspecified atom stereocenters. The Morgan fingerprint density at radius 1 is 1.32 bits per heavy atom. The van der Waals surface area contributed by atoms with E-state index in [0.29, 0.717) is 21.9 Å². The average Bonchev–Trinajstić information content (AvgIpc) is 2.76. The van der Waals surface area contributed by atoms with Gasteiger partial charge in [-0.2, -0.15) is 0 Å². The Balaban J connectivity index is 2.01. The van der Waals surface area contributed by atoms with E-state index in [-0.39, 0.29) is 13.2 Å². The molecule has 0 saturated carbocycles. The van der Waals surface area contributed by atoms with E-state index in [1.165, 1.54) is 13.3 Å². The van der Waals surface area contributed by atoms with E-state index >= 15 is 0 Å². The van der Waals surface area contributed by atoms with Crippen LogP contribution in [0.4, 0.5) is 5.69 Å². The van der Waals surface area contributed by atoms with Crippen molar-refractivity contribution in [2.24, 2.45) is 0 Å². The lowest BCUT2D eigenvalue weighted by atomic mass is 10.1. The van der Waals surface area contributed by atoms with E-state index in [1.54, 1.807) is 12.4 Å². The molecule has 1 aromatic carbocycles. The van der Waals surface area contributed by atoms with Crippen molar-refractivity contribution in [3.63, 3.8) is 0 Å². The summed E-state index contributed by atoms with van der Waals surface area (Å²) in [6, 6.07) is 7.79. The number of methoxy groups -OCH3 is 1. The van der Waals surface area contributed by atoms with Crippen LogP contribution >= 0.6 is 11.6 Å². The molecule has 0 aliphatic heterocycles. The molecule has 162 valence electrons. The Morgan fingerprint density at radius 3 is 2.84 bits per heavy atom. The molecule has 6 nitrogen and oxygen atoms in total. The summed E-state index contributed by atoms with van der Waals surface area (Å²) >= 11 is 6.37. The van der Waals surface area contributed by atoms with Crippen molar-refractivity contribution >= 4 is 28.2 Å². The minimum Gasteiger partial charge on any atom is -0.487 e. The van der Waals surface area contributed by atoms with Crippen molar-refractivity contribution in [2.75, 3.05) is 18.6 Å². The number of rotatable bonds is 9. The molecule has 0 amide bonds. The van der Waals surface area contributed by atoms with E-state index in [2.05, 4.69) is 11.6 Å². The van der Waals surface area contributed by atoms with Crippen LogP contribution in [-0.2, 0) is 11.3 Å². The Bertz CT molecular complexity index is 1100. The molecule has 1 atom stereocenters. The van der Waals surface area contributed by atoms with Crippen molar-refractivity contribution in [3.8, 4) is 5.75 Å². The van der Waals surface area contributed by atoms with E-state index < -0.39 is 6.10 Å². The van der Waals surface area contributed by atoms with Crippen molar-refractivity contribution in [2.45, 2.75) is 26.6 Å². The third kappa shape index (κ3) is 5.05. The second-order valence-corrected chi connectivity index (χ2v) is 7.36. The van der Waals surface area contributed by atoms with E-state index in [1.807, 2.05) is 55.3 Å². The topological polar surface area (TPSA) is 67.7 Å². The first-order valence-corrected chi connectivity index (χ1v) is 10.2. The van der Waals surface area contributed by atoms with Crippen LogP contribution in [0, 0.1) is 6.92 Å². The zero-order valence-electron chi connectivity index (χ0n) is 17.9. The number of para-hydroxylation sites is 1. The summed E-state index contributed by atoms with van der Waals surface area (Å²) in [5, 5.41) is 11.7. The van der Waals surface area contributed by atoms with Crippen LogP contribution in [0.25, 0.3) is 10.9 Å². The number of ether oxygens (including phenoxy) is 2. The van der Waals surface area contributed by atoms with Crippen molar-refractivity contribution < 1.29 is 14.6 Å². The van der Waals surface area contributed by atoms with Gasteiger partial charge in [-0.25, -0.2) is 4.98 Å². The fourth-order valence-electron chi connectivity index (χ4n) is 3.37. The zero-order valence-corrected chi connectivity index (χ0v) is 18.6. The Hall–Kier alpha value is -2.93. The minimum atomic E-state index is -0.851. The average molecular weight is 440 g/mol. The largest absolute Gasteiger partial charge is 0.487 e. The van der Waals surface area contributed by atoms with Gasteiger partial charge in [0.25, 0.3) is 0 Å². The van der Waals surface area contributed by atoms with Crippen LogP contribution < -0.4 is 9.64 Å². The highest BCUT2D eigenvalue weighted by Crippen LogP contribution is 2.34. The maximum Gasteiger partial charge on any atom is 0.146 e. The third-order valence-corrected chi connectivity index (χ3v) is 5.11. The zero-order chi connectivity index (χ0) is 22.4. The van der Waals surface area contributed by atoms with Crippen LogP contribution in [0.2, 0.25) is 5.02 Å². The molecular formula is C24H26ClN3O3. The van der Waals surface area contributed by atoms with Crippen LogP contribution in [0.15, 0.2) is 61.7 Å². The number of hydrogen-bond acceptors (Lipinski definition) is 6. The number of pyridine rings is 2. The van der Waals surface area contributed by atoms with Gasteiger partial charge in [-0.15, -0.1) is 0 Å². The quantitative estimate of drug-likeness (QED) is 0.485. The number of nitrogens with zero attached hydrogens (tertiary/aromatic N) is 3. The predicted octanol–water partition coefficient (Wildman–Crippen LogP) is 5.33.